The van der Waals surface area contributed by atoms with E-state index in [1.807, 2.05) is 60.9 Å². The van der Waals surface area contributed by atoms with Crippen molar-refractivity contribution in [3.05, 3.63) is 48.0 Å². The molecule has 0 fully saturated rings. The van der Waals surface area contributed by atoms with Crippen LogP contribution >= 0.6 is 11.8 Å². The number of thioether (sulfide) groups is 1. The van der Waals surface area contributed by atoms with Gasteiger partial charge in [0, 0.05) is 6.54 Å². The molecule has 152 valence electrons. The molecule has 3 aromatic rings. The Balaban J connectivity index is 1.74. The van der Waals surface area contributed by atoms with Crippen LogP contribution in [0.25, 0.3) is 11.4 Å². The Labute approximate surface area is 174 Å². The highest BCUT2D eigenvalue weighted by molar-refractivity contribution is 7.99. The summed E-state index contributed by atoms with van der Waals surface area (Å²) in [7, 11) is 3.21. The summed E-state index contributed by atoms with van der Waals surface area (Å²) in [5.41, 5.74) is 2.57. The maximum atomic E-state index is 12.5. The fourth-order valence-corrected chi connectivity index (χ4v) is 3.75. The van der Waals surface area contributed by atoms with Crippen LogP contribution in [-0.4, -0.2) is 40.6 Å². The van der Waals surface area contributed by atoms with Gasteiger partial charge in [0.05, 0.1) is 31.2 Å². The molecule has 8 heteroatoms. The Morgan fingerprint density at radius 1 is 1.10 bits per heavy atom. The van der Waals surface area contributed by atoms with Gasteiger partial charge >= 0.3 is 0 Å². The van der Waals surface area contributed by atoms with E-state index in [-0.39, 0.29) is 11.7 Å². The average Bonchev–Trinajstić information content (AvgIpc) is 3.15. The van der Waals surface area contributed by atoms with Crippen molar-refractivity contribution in [3.63, 3.8) is 0 Å². The van der Waals surface area contributed by atoms with E-state index < -0.39 is 0 Å². The molecule has 0 spiro atoms. The lowest BCUT2D eigenvalue weighted by Crippen LogP contribution is -2.15. The van der Waals surface area contributed by atoms with Crippen LogP contribution in [-0.2, 0) is 11.3 Å². The second kappa shape index (κ2) is 9.47. The minimum absolute atomic E-state index is 0.136. The van der Waals surface area contributed by atoms with Gasteiger partial charge in [0.25, 0.3) is 0 Å². The maximum absolute atomic E-state index is 12.5. The lowest BCUT2D eigenvalue weighted by molar-refractivity contribution is -0.113. The van der Waals surface area contributed by atoms with Crippen LogP contribution in [0.3, 0.4) is 0 Å². The second-order valence-corrected chi connectivity index (χ2v) is 7.23. The lowest BCUT2D eigenvalue weighted by atomic mass is 10.2. The smallest absolute Gasteiger partial charge is 0.234 e. The van der Waals surface area contributed by atoms with E-state index in [1.54, 1.807) is 14.2 Å². The first-order chi connectivity index (χ1) is 14.1. The first kappa shape index (κ1) is 20.7. The maximum Gasteiger partial charge on any atom is 0.234 e. The molecule has 0 bridgehead atoms. The number of rotatable bonds is 8. The van der Waals surface area contributed by atoms with Crippen LogP contribution in [0.4, 0.5) is 5.69 Å². The van der Waals surface area contributed by atoms with Crippen molar-refractivity contribution in [3.8, 4) is 22.9 Å². The van der Waals surface area contributed by atoms with Crippen LogP contribution in [0.1, 0.15) is 12.5 Å². The van der Waals surface area contributed by atoms with Gasteiger partial charge in [-0.3, -0.25) is 4.79 Å². The third-order valence-corrected chi connectivity index (χ3v) is 5.31. The highest BCUT2D eigenvalue weighted by atomic mass is 32.2. The van der Waals surface area contributed by atoms with Crippen LogP contribution in [0, 0.1) is 6.92 Å². The number of aromatic nitrogens is 3. The Bertz CT molecular complexity index is 1000. The second-order valence-electron chi connectivity index (χ2n) is 6.29. The highest BCUT2D eigenvalue weighted by Gasteiger charge is 2.17. The summed E-state index contributed by atoms with van der Waals surface area (Å²) in [5.74, 6) is 2.15. The van der Waals surface area contributed by atoms with Crippen molar-refractivity contribution in [2.24, 2.45) is 0 Å². The molecule has 3 rings (SSSR count). The molecule has 1 amide bonds. The molecule has 0 saturated carbocycles. The molecule has 29 heavy (non-hydrogen) atoms. The van der Waals surface area contributed by atoms with Crippen molar-refractivity contribution in [2.75, 3.05) is 25.3 Å². The van der Waals surface area contributed by atoms with Gasteiger partial charge in [-0.2, -0.15) is 0 Å². The Hall–Kier alpha value is -3.00. The van der Waals surface area contributed by atoms with E-state index >= 15 is 0 Å². The normalized spacial score (nSPS) is 10.6. The minimum Gasteiger partial charge on any atom is -0.496 e. The number of anilines is 1. The summed E-state index contributed by atoms with van der Waals surface area (Å²) in [6.45, 7) is 4.66. The monoisotopic (exact) mass is 412 g/mol. The van der Waals surface area contributed by atoms with Gasteiger partial charge in [-0.05, 0) is 43.7 Å². The number of aryl methyl sites for hydroxylation is 1. The third-order valence-electron chi connectivity index (χ3n) is 4.34. The summed E-state index contributed by atoms with van der Waals surface area (Å²) in [6, 6.07) is 13.3. The Kier molecular flexibility index (Phi) is 6.77. The predicted molar refractivity (Wildman–Crippen MR) is 115 cm³/mol. The molecule has 1 aromatic heterocycles. The van der Waals surface area contributed by atoms with Crippen molar-refractivity contribution in [1.82, 2.24) is 14.8 Å². The van der Waals surface area contributed by atoms with E-state index in [9.17, 15) is 4.79 Å². The summed E-state index contributed by atoms with van der Waals surface area (Å²) in [4.78, 5) is 12.5. The minimum atomic E-state index is -0.136. The molecule has 0 aliphatic rings. The third kappa shape index (κ3) is 4.71. The van der Waals surface area contributed by atoms with Crippen molar-refractivity contribution < 1.29 is 14.3 Å². The predicted octanol–water partition coefficient (Wildman–Crippen LogP) is 4.02. The molecular weight excluding hydrogens is 388 g/mol. The molecule has 7 nitrogen and oxygen atoms in total. The number of amides is 1. The van der Waals surface area contributed by atoms with Crippen LogP contribution < -0.4 is 14.8 Å². The number of ether oxygens (including phenoxy) is 2. The number of carbonyl (C=O) groups excluding carboxylic acids is 1. The molecule has 2 aromatic carbocycles. The van der Waals surface area contributed by atoms with E-state index in [2.05, 4.69) is 15.5 Å². The van der Waals surface area contributed by atoms with Crippen molar-refractivity contribution in [1.29, 1.82) is 0 Å². The highest BCUT2D eigenvalue weighted by Crippen LogP contribution is 2.31. The molecule has 1 N–H and O–H groups in total. The molecule has 0 saturated heterocycles. The summed E-state index contributed by atoms with van der Waals surface area (Å²) >= 11 is 1.34. The zero-order valence-corrected chi connectivity index (χ0v) is 17.7. The van der Waals surface area contributed by atoms with E-state index in [4.69, 9.17) is 9.47 Å². The van der Waals surface area contributed by atoms with Gasteiger partial charge in [-0.15, -0.1) is 10.2 Å². The zero-order valence-electron chi connectivity index (χ0n) is 16.9. The van der Waals surface area contributed by atoms with E-state index in [1.165, 1.54) is 11.8 Å². The number of hydrogen-bond acceptors (Lipinski definition) is 6. The van der Waals surface area contributed by atoms with Gasteiger partial charge < -0.3 is 19.4 Å². The summed E-state index contributed by atoms with van der Waals surface area (Å²) in [5, 5.41) is 12.2. The largest absolute Gasteiger partial charge is 0.496 e. The van der Waals surface area contributed by atoms with Crippen LogP contribution in [0.2, 0.25) is 0 Å². The zero-order chi connectivity index (χ0) is 20.8. The molecule has 1 heterocycles. The van der Waals surface area contributed by atoms with E-state index in [0.29, 0.717) is 29.0 Å². The fraction of sp³-hybridized carbons (Fsp3) is 0.286. The summed E-state index contributed by atoms with van der Waals surface area (Å²) < 4.78 is 12.7. The molecule has 0 aliphatic carbocycles. The number of nitrogens with one attached hydrogen (secondary N) is 1. The van der Waals surface area contributed by atoms with Crippen molar-refractivity contribution in [2.45, 2.75) is 25.5 Å². The quantitative estimate of drug-likeness (QED) is 0.563. The topological polar surface area (TPSA) is 78.3 Å². The number of para-hydroxylation sites is 1. The lowest BCUT2D eigenvalue weighted by Gasteiger charge is -2.12. The van der Waals surface area contributed by atoms with Crippen molar-refractivity contribution >= 4 is 23.4 Å². The molecule has 0 aliphatic heterocycles. The molecule has 0 unspecified atom stereocenters. The fourth-order valence-electron chi connectivity index (χ4n) is 2.95. The molecule has 0 radical (unpaired) electrons. The van der Waals surface area contributed by atoms with Crippen LogP contribution in [0.5, 0.6) is 11.5 Å². The number of benzene rings is 2. The number of nitrogens with zero attached hydrogens (tertiary/aromatic N) is 3. The van der Waals surface area contributed by atoms with Crippen LogP contribution in [0.15, 0.2) is 47.6 Å². The average molecular weight is 413 g/mol. The van der Waals surface area contributed by atoms with Gasteiger partial charge in [0.15, 0.2) is 11.0 Å². The standard InChI is InChI=1S/C21H24N4O3S/c1-5-25-20(15-8-6-7-9-17(15)27-3)23-24-21(25)29-13-19(26)22-16-12-14(2)10-11-18(16)28-4/h6-12H,5,13H2,1-4H3,(H,22,26). The molecule has 0 atom stereocenters. The number of hydrogen-bond donors (Lipinski definition) is 1. The molecular formula is C21H24N4O3S. The first-order valence-electron chi connectivity index (χ1n) is 9.21. The Morgan fingerprint density at radius 2 is 1.86 bits per heavy atom. The van der Waals surface area contributed by atoms with Gasteiger partial charge in [-0.25, -0.2) is 0 Å². The summed E-state index contributed by atoms with van der Waals surface area (Å²) in [6.07, 6.45) is 0. The van der Waals surface area contributed by atoms with Gasteiger partial charge in [0.2, 0.25) is 5.91 Å². The van der Waals surface area contributed by atoms with Gasteiger partial charge in [0.1, 0.15) is 11.5 Å². The van der Waals surface area contributed by atoms with E-state index in [0.717, 1.165) is 16.9 Å². The number of carbonyl (C=O) groups is 1. The Morgan fingerprint density at radius 3 is 2.59 bits per heavy atom. The first-order valence-corrected chi connectivity index (χ1v) is 10.2. The SMILES string of the molecule is CCn1c(SCC(=O)Nc2cc(C)ccc2OC)nnc1-c1ccccc1OC. The number of methoxy groups -OCH3 is 2. The van der Waals surface area contributed by atoms with Gasteiger partial charge in [-0.1, -0.05) is 30.0 Å².